The van der Waals surface area contributed by atoms with E-state index < -0.39 is 0 Å². The van der Waals surface area contributed by atoms with Crippen molar-refractivity contribution in [1.29, 1.82) is 0 Å². The van der Waals surface area contributed by atoms with E-state index in [0.717, 1.165) is 16.2 Å². The summed E-state index contributed by atoms with van der Waals surface area (Å²) in [6.45, 7) is 7.70. The van der Waals surface area contributed by atoms with E-state index in [9.17, 15) is 9.59 Å². The molecule has 5 nitrogen and oxygen atoms in total. The Morgan fingerprint density at radius 3 is 2.25 bits per heavy atom. The number of nitrogens with one attached hydrogen (secondary N) is 2. The van der Waals surface area contributed by atoms with Gasteiger partial charge < -0.3 is 15.4 Å². The molecule has 128 valence electrons. The molecular formula is C18H22N2O3S. The molecule has 0 aliphatic rings. The zero-order chi connectivity index (χ0) is 17.9. The second-order valence-electron chi connectivity index (χ2n) is 5.71. The largest absolute Gasteiger partial charge is 0.491 e. The first kappa shape index (κ1) is 18.0. The number of amides is 2. The minimum Gasteiger partial charge on any atom is -0.491 e. The number of ether oxygens (including phenoxy) is 1. The van der Waals surface area contributed by atoms with Crippen LogP contribution in [0.5, 0.6) is 5.75 Å². The Labute approximate surface area is 146 Å². The van der Waals surface area contributed by atoms with Gasteiger partial charge in [0.15, 0.2) is 0 Å². The number of aryl methyl sites for hydroxylation is 1. The molecule has 2 aromatic rings. The van der Waals surface area contributed by atoms with Crippen LogP contribution in [-0.2, 0) is 0 Å². The molecule has 2 N–H and O–H groups in total. The third kappa shape index (κ3) is 3.94. The summed E-state index contributed by atoms with van der Waals surface area (Å²) in [5, 5.41) is 6.02. The number of rotatable bonds is 5. The van der Waals surface area contributed by atoms with E-state index in [1.165, 1.54) is 11.3 Å². The summed E-state index contributed by atoms with van der Waals surface area (Å²) in [7, 11) is 1.58. The van der Waals surface area contributed by atoms with Crippen LogP contribution in [0.4, 0.5) is 5.00 Å². The number of benzene rings is 1. The Hall–Kier alpha value is -2.34. The molecule has 1 aromatic carbocycles. The van der Waals surface area contributed by atoms with Crippen LogP contribution in [-0.4, -0.2) is 25.0 Å². The Bertz CT molecular complexity index is 748. The molecule has 1 aromatic heterocycles. The highest BCUT2D eigenvalue weighted by Crippen LogP contribution is 2.32. The molecule has 0 unspecified atom stereocenters. The van der Waals surface area contributed by atoms with Crippen molar-refractivity contribution < 1.29 is 14.3 Å². The second kappa shape index (κ2) is 7.49. The summed E-state index contributed by atoms with van der Waals surface area (Å²) < 4.78 is 5.57. The lowest BCUT2D eigenvalue weighted by Crippen LogP contribution is -2.21. The van der Waals surface area contributed by atoms with Crippen molar-refractivity contribution in [3.8, 4) is 5.75 Å². The van der Waals surface area contributed by atoms with Crippen LogP contribution in [0.3, 0.4) is 0 Å². The highest BCUT2D eigenvalue weighted by Gasteiger charge is 2.20. The predicted octanol–water partition coefficient (Wildman–Crippen LogP) is 3.76. The minimum atomic E-state index is -0.252. The van der Waals surface area contributed by atoms with Gasteiger partial charge in [0.2, 0.25) is 0 Å². The molecule has 0 saturated heterocycles. The fraction of sp³-hybridized carbons (Fsp3) is 0.333. The third-order valence-electron chi connectivity index (χ3n) is 3.55. The van der Waals surface area contributed by atoms with Gasteiger partial charge in [-0.25, -0.2) is 0 Å². The number of hydrogen-bond acceptors (Lipinski definition) is 4. The van der Waals surface area contributed by atoms with Crippen molar-refractivity contribution >= 4 is 28.2 Å². The monoisotopic (exact) mass is 346 g/mol. The molecule has 2 amide bonds. The summed E-state index contributed by atoms with van der Waals surface area (Å²) in [6, 6.07) is 6.94. The Morgan fingerprint density at radius 2 is 1.71 bits per heavy atom. The van der Waals surface area contributed by atoms with Crippen LogP contribution in [0, 0.1) is 13.8 Å². The maximum absolute atomic E-state index is 12.5. The van der Waals surface area contributed by atoms with E-state index in [-0.39, 0.29) is 17.9 Å². The highest BCUT2D eigenvalue weighted by atomic mass is 32.1. The van der Waals surface area contributed by atoms with Gasteiger partial charge in [-0.15, -0.1) is 11.3 Å². The molecule has 0 fully saturated rings. The van der Waals surface area contributed by atoms with Gasteiger partial charge >= 0.3 is 0 Å². The molecule has 0 saturated carbocycles. The van der Waals surface area contributed by atoms with Crippen molar-refractivity contribution in [2.24, 2.45) is 0 Å². The molecule has 6 heteroatoms. The van der Waals surface area contributed by atoms with Crippen LogP contribution < -0.4 is 15.4 Å². The molecule has 2 rings (SSSR count). The zero-order valence-corrected chi connectivity index (χ0v) is 15.3. The van der Waals surface area contributed by atoms with E-state index in [0.29, 0.717) is 16.1 Å². The molecule has 0 spiro atoms. The first-order chi connectivity index (χ1) is 11.3. The molecule has 24 heavy (non-hydrogen) atoms. The molecule has 0 atom stereocenters. The van der Waals surface area contributed by atoms with E-state index >= 15 is 0 Å². The first-order valence-corrected chi connectivity index (χ1v) is 8.55. The van der Waals surface area contributed by atoms with Crippen molar-refractivity contribution in [2.75, 3.05) is 12.4 Å². The lowest BCUT2D eigenvalue weighted by molar-refractivity contribution is 0.0963. The molecule has 0 radical (unpaired) electrons. The average Bonchev–Trinajstić information content (AvgIpc) is 2.81. The van der Waals surface area contributed by atoms with Gasteiger partial charge in [0.25, 0.3) is 11.8 Å². The summed E-state index contributed by atoms with van der Waals surface area (Å²) in [5.41, 5.74) is 1.92. The van der Waals surface area contributed by atoms with E-state index in [2.05, 4.69) is 10.6 Å². The first-order valence-electron chi connectivity index (χ1n) is 7.73. The third-order valence-corrected chi connectivity index (χ3v) is 4.68. The number of carbonyl (C=O) groups excluding carboxylic acids is 2. The Balaban J connectivity index is 2.21. The Kier molecular flexibility index (Phi) is 5.62. The molecular weight excluding hydrogens is 324 g/mol. The van der Waals surface area contributed by atoms with Gasteiger partial charge in [0.1, 0.15) is 10.8 Å². The Morgan fingerprint density at radius 1 is 1.08 bits per heavy atom. The van der Waals surface area contributed by atoms with Crippen molar-refractivity contribution in [3.05, 3.63) is 45.8 Å². The predicted molar refractivity (Wildman–Crippen MR) is 97.3 cm³/mol. The van der Waals surface area contributed by atoms with Gasteiger partial charge in [-0.05, 0) is 57.5 Å². The fourth-order valence-corrected chi connectivity index (χ4v) is 3.30. The molecule has 1 heterocycles. The van der Waals surface area contributed by atoms with Crippen molar-refractivity contribution in [1.82, 2.24) is 5.32 Å². The molecule has 0 aliphatic carbocycles. The maximum Gasteiger partial charge on any atom is 0.256 e. The lowest BCUT2D eigenvalue weighted by Gasteiger charge is -2.10. The quantitative estimate of drug-likeness (QED) is 0.866. The second-order valence-corrected chi connectivity index (χ2v) is 6.94. The van der Waals surface area contributed by atoms with Crippen molar-refractivity contribution in [2.45, 2.75) is 33.8 Å². The lowest BCUT2D eigenvalue weighted by atomic mass is 10.1. The maximum atomic E-state index is 12.5. The zero-order valence-electron chi connectivity index (χ0n) is 14.5. The number of hydrogen-bond donors (Lipinski definition) is 2. The van der Waals surface area contributed by atoms with Gasteiger partial charge in [0.05, 0.1) is 11.7 Å². The summed E-state index contributed by atoms with van der Waals surface area (Å²) in [4.78, 5) is 25.5. The van der Waals surface area contributed by atoms with Crippen LogP contribution in [0.25, 0.3) is 0 Å². The summed E-state index contributed by atoms with van der Waals surface area (Å²) in [5.74, 6) is 0.265. The smallest absolute Gasteiger partial charge is 0.256 e. The fourth-order valence-electron chi connectivity index (χ4n) is 2.25. The van der Waals surface area contributed by atoms with Crippen LogP contribution >= 0.6 is 11.3 Å². The summed E-state index contributed by atoms with van der Waals surface area (Å²) in [6.07, 6.45) is 0.0804. The number of anilines is 1. The molecule has 0 aliphatic heterocycles. The van der Waals surface area contributed by atoms with Gasteiger partial charge in [-0.1, -0.05) is 0 Å². The van der Waals surface area contributed by atoms with Gasteiger partial charge in [-0.2, -0.15) is 0 Å². The molecule has 0 bridgehead atoms. The van der Waals surface area contributed by atoms with Gasteiger partial charge in [0, 0.05) is 17.5 Å². The summed E-state index contributed by atoms with van der Waals surface area (Å²) >= 11 is 1.40. The topological polar surface area (TPSA) is 67.4 Å². The average molecular weight is 346 g/mol. The SMILES string of the molecule is CNC(=O)c1c(NC(=O)c2ccc(OC(C)C)cc2)sc(C)c1C. The van der Waals surface area contributed by atoms with Crippen LogP contribution in [0.2, 0.25) is 0 Å². The number of thiophene rings is 1. The number of carbonyl (C=O) groups is 2. The standard InChI is InChI=1S/C18H22N2O3S/c1-10(2)23-14-8-6-13(7-9-14)16(21)20-18-15(17(22)19-5)11(3)12(4)24-18/h6-10H,1-5H3,(H,19,22)(H,20,21). The highest BCUT2D eigenvalue weighted by molar-refractivity contribution is 7.16. The van der Waals surface area contributed by atoms with Gasteiger partial charge in [-0.3, -0.25) is 9.59 Å². The van der Waals surface area contributed by atoms with Crippen LogP contribution in [0.15, 0.2) is 24.3 Å². The van der Waals surface area contributed by atoms with E-state index in [1.54, 1.807) is 31.3 Å². The van der Waals surface area contributed by atoms with E-state index in [1.807, 2.05) is 27.7 Å². The van der Waals surface area contributed by atoms with Crippen LogP contribution in [0.1, 0.15) is 45.0 Å². The van der Waals surface area contributed by atoms with Crippen molar-refractivity contribution in [3.63, 3.8) is 0 Å². The minimum absolute atomic E-state index is 0.0804. The normalized spacial score (nSPS) is 10.6. The van der Waals surface area contributed by atoms with E-state index in [4.69, 9.17) is 4.74 Å².